The van der Waals surface area contributed by atoms with Gasteiger partial charge < -0.3 is 24.8 Å². The van der Waals surface area contributed by atoms with Crippen molar-refractivity contribution in [1.82, 2.24) is 0 Å². The Balaban J connectivity index is 0. The van der Waals surface area contributed by atoms with Gasteiger partial charge in [0.15, 0.2) is 0 Å². The molecule has 4 heteroatoms. The summed E-state index contributed by atoms with van der Waals surface area (Å²) in [7, 11) is 0. The van der Waals surface area contributed by atoms with E-state index in [4.69, 9.17) is 0 Å². The first-order valence-electron chi connectivity index (χ1n) is 6.40. The summed E-state index contributed by atoms with van der Waals surface area (Å²) in [5, 5.41) is 0.663. The van der Waals surface area contributed by atoms with Crippen molar-refractivity contribution in [3.63, 3.8) is 0 Å². The standard InChI is InChI=1S/C16H21S.2ClH.Ti/c1-13(2)17-16(11-7-6-8-14(16)3)12-15-9-4-5-10-15;;;/h4,6-9,13H,5,11-12H2,1-3H3;2*1H;/q-1;;;+3/p-2. The molecule has 0 aromatic heterocycles. The monoisotopic (exact) mass is 363 g/mol. The predicted octanol–water partition coefficient (Wildman–Crippen LogP) is -1.14. The molecule has 0 aromatic rings. The third-order valence-electron chi connectivity index (χ3n) is 3.35. The van der Waals surface area contributed by atoms with E-state index in [0.717, 1.165) is 19.3 Å². The van der Waals surface area contributed by atoms with Gasteiger partial charge in [-0.05, 0) is 25.0 Å². The number of rotatable bonds is 4. The average molecular weight is 364 g/mol. The van der Waals surface area contributed by atoms with Crippen molar-refractivity contribution in [1.29, 1.82) is 0 Å². The average Bonchev–Trinajstić information content (AvgIpc) is 2.74. The fourth-order valence-corrected chi connectivity index (χ4v) is 4.10. The third kappa shape index (κ3) is 5.77. The molecular formula is C16H21Cl2STi. The normalized spacial score (nSPS) is 23.4. The zero-order valence-corrected chi connectivity index (χ0v) is 16.1. The number of hydrogen-bond acceptors (Lipinski definition) is 1. The smallest absolute Gasteiger partial charge is 1.00 e. The molecule has 0 saturated heterocycles. The van der Waals surface area contributed by atoms with E-state index in [1.54, 1.807) is 0 Å². The Bertz CT molecular complexity index is 411. The number of thioether (sulfide) groups is 1. The second kappa shape index (κ2) is 10.4. The Kier molecular flexibility index (Phi) is 11.8. The van der Waals surface area contributed by atoms with Crippen molar-refractivity contribution < 1.29 is 46.5 Å². The van der Waals surface area contributed by atoms with E-state index in [9.17, 15) is 0 Å². The molecule has 0 saturated carbocycles. The van der Waals surface area contributed by atoms with Gasteiger partial charge in [-0.2, -0.15) is 6.08 Å². The molecule has 0 aliphatic heterocycles. The second-order valence-electron chi connectivity index (χ2n) is 5.13. The van der Waals surface area contributed by atoms with Gasteiger partial charge >= 0.3 is 21.7 Å². The molecule has 2 aliphatic carbocycles. The molecular weight excluding hydrogens is 343 g/mol. The number of allylic oxidation sites excluding steroid dienone is 7. The Morgan fingerprint density at radius 2 is 2.00 bits per heavy atom. The quantitative estimate of drug-likeness (QED) is 0.449. The number of halogens is 2. The molecule has 2 aliphatic rings. The molecule has 0 aromatic carbocycles. The van der Waals surface area contributed by atoms with Crippen LogP contribution in [0.4, 0.5) is 0 Å². The maximum absolute atomic E-state index is 3.46. The maximum Gasteiger partial charge on any atom is 3.00 e. The van der Waals surface area contributed by atoms with Gasteiger partial charge in [0.1, 0.15) is 0 Å². The van der Waals surface area contributed by atoms with Gasteiger partial charge in [-0.25, -0.2) is 11.6 Å². The van der Waals surface area contributed by atoms with Crippen molar-refractivity contribution in [2.75, 3.05) is 0 Å². The summed E-state index contributed by atoms with van der Waals surface area (Å²) in [5.41, 5.74) is 2.90. The van der Waals surface area contributed by atoms with Gasteiger partial charge in [0.05, 0.1) is 0 Å². The molecule has 1 atom stereocenters. The largest absolute Gasteiger partial charge is 3.00 e. The zero-order chi connectivity index (χ0) is 12.3. The molecule has 1 unspecified atom stereocenters. The van der Waals surface area contributed by atoms with Crippen LogP contribution in [0.1, 0.15) is 40.0 Å². The van der Waals surface area contributed by atoms with Gasteiger partial charge in [0, 0.05) is 4.75 Å². The van der Waals surface area contributed by atoms with Crippen molar-refractivity contribution in [3.8, 4) is 0 Å². The van der Waals surface area contributed by atoms with E-state index in [1.807, 2.05) is 0 Å². The van der Waals surface area contributed by atoms with Crippen molar-refractivity contribution in [3.05, 3.63) is 47.6 Å². The summed E-state index contributed by atoms with van der Waals surface area (Å²) in [4.78, 5) is 0. The third-order valence-corrected chi connectivity index (χ3v) is 4.91. The molecule has 2 rings (SSSR count). The molecule has 1 radical (unpaired) electrons. The van der Waals surface area contributed by atoms with E-state index in [-0.39, 0.29) is 51.3 Å². The molecule has 0 nitrogen and oxygen atoms in total. The second-order valence-corrected chi connectivity index (χ2v) is 7.09. The Morgan fingerprint density at radius 1 is 1.30 bits per heavy atom. The van der Waals surface area contributed by atoms with E-state index < -0.39 is 0 Å². The minimum absolute atomic E-state index is 0. The van der Waals surface area contributed by atoms with Crippen LogP contribution >= 0.6 is 11.8 Å². The Hall–Kier alpha value is 0.604. The summed E-state index contributed by atoms with van der Waals surface area (Å²) in [6, 6.07) is 0. The predicted molar refractivity (Wildman–Crippen MR) is 78.1 cm³/mol. The van der Waals surface area contributed by atoms with Crippen LogP contribution in [0.2, 0.25) is 0 Å². The summed E-state index contributed by atoms with van der Waals surface area (Å²) < 4.78 is 0.264. The van der Waals surface area contributed by atoms with Crippen molar-refractivity contribution in [2.24, 2.45) is 0 Å². The first-order valence-corrected chi connectivity index (χ1v) is 7.28. The van der Waals surface area contributed by atoms with Crippen LogP contribution < -0.4 is 24.8 Å². The van der Waals surface area contributed by atoms with Crippen molar-refractivity contribution >= 4 is 11.8 Å². The van der Waals surface area contributed by atoms with Gasteiger partial charge in [-0.1, -0.05) is 37.6 Å². The van der Waals surface area contributed by atoms with Gasteiger partial charge in [-0.3, -0.25) is 6.08 Å². The molecule has 109 valence electrons. The van der Waals surface area contributed by atoms with Gasteiger partial charge in [0.25, 0.3) is 0 Å². The summed E-state index contributed by atoms with van der Waals surface area (Å²) in [6.07, 6.45) is 18.0. The van der Waals surface area contributed by atoms with Crippen LogP contribution in [-0.2, 0) is 21.7 Å². The Morgan fingerprint density at radius 3 is 2.50 bits per heavy atom. The van der Waals surface area contributed by atoms with Crippen LogP contribution in [0.3, 0.4) is 0 Å². The fraction of sp³-hybridized carbons (Fsp3) is 0.500. The summed E-state index contributed by atoms with van der Waals surface area (Å²) in [6.45, 7) is 6.86. The summed E-state index contributed by atoms with van der Waals surface area (Å²) >= 11 is 2.10. The van der Waals surface area contributed by atoms with Crippen LogP contribution in [0, 0.1) is 6.08 Å². The Labute approximate surface area is 155 Å². The van der Waals surface area contributed by atoms with Crippen LogP contribution in [0.25, 0.3) is 0 Å². The van der Waals surface area contributed by atoms with Crippen molar-refractivity contribution in [2.45, 2.75) is 50.0 Å². The first kappa shape index (κ1) is 22.9. The maximum atomic E-state index is 3.46. The minimum atomic E-state index is 0. The molecule has 0 spiro atoms. The van der Waals surface area contributed by atoms with Crippen LogP contribution in [0.5, 0.6) is 0 Å². The molecule has 0 amide bonds. The molecule has 20 heavy (non-hydrogen) atoms. The van der Waals surface area contributed by atoms with Crippen LogP contribution in [0.15, 0.2) is 41.5 Å². The minimum Gasteiger partial charge on any atom is -1.00 e. The molecule has 0 heterocycles. The van der Waals surface area contributed by atoms with E-state index >= 15 is 0 Å². The zero-order valence-electron chi connectivity index (χ0n) is 12.2. The van der Waals surface area contributed by atoms with E-state index in [2.05, 4.69) is 69.0 Å². The molecule has 0 bridgehead atoms. The van der Waals surface area contributed by atoms with E-state index in [1.165, 1.54) is 11.1 Å². The summed E-state index contributed by atoms with van der Waals surface area (Å²) in [5.74, 6) is 0. The SMILES string of the molecule is CC1=CC=CCC1(CC1=[C-]CC=C1)SC(C)C.[Cl-].[Cl-].[Ti+3]. The van der Waals surface area contributed by atoms with Gasteiger partial charge in [0.2, 0.25) is 0 Å². The van der Waals surface area contributed by atoms with E-state index in [0.29, 0.717) is 5.25 Å². The topological polar surface area (TPSA) is 0 Å². The fourth-order valence-electron chi connectivity index (χ4n) is 2.51. The molecule has 0 N–H and O–H groups in total. The first-order chi connectivity index (χ1) is 8.12. The van der Waals surface area contributed by atoms with Gasteiger partial charge in [-0.15, -0.1) is 18.2 Å². The van der Waals surface area contributed by atoms with Crippen LogP contribution in [-0.4, -0.2) is 10.00 Å². The molecule has 0 fully saturated rings. The number of hydrogen-bond donors (Lipinski definition) is 0.